The molecule has 0 saturated carbocycles. The molecule has 0 rings (SSSR count). The van der Waals surface area contributed by atoms with E-state index in [4.69, 9.17) is 10.8 Å². The lowest BCUT2D eigenvalue weighted by atomic mass is 10.1. The number of nitrogens with two attached hydrogens (primary N) is 1. The van der Waals surface area contributed by atoms with Crippen LogP contribution in [0, 0.1) is 0 Å². The molecule has 0 spiro atoms. The van der Waals surface area contributed by atoms with Gasteiger partial charge in [-0.05, 0) is 26.3 Å². The SMILES string of the molecule is CC(O)CCCCCCN.Cl. The molecule has 0 radical (unpaired) electrons. The minimum atomic E-state index is -0.127. The number of hydrogen-bond donors (Lipinski definition) is 2. The summed E-state index contributed by atoms with van der Waals surface area (Å²) in [6.07, 6.45) is 5.49. The van der Waals surface area contributed by atoms with E-state index in [1.54, 1.807) is 0 Å². The van der Waals surface area contributed by atoms with Gasteiger partial charge in [0.1, 0.15) is 0 Å². The van der Waals surface area contributed by atoms with Crippen molar-refractivity contribution < 1.29 is 5.11 Å². The molecule has 3 N–H and O–H groups in total. The van der Waals surface area contributed by atoms with E-state index in [1.807, 2.05) is 6.92 Å². The molecular formula is C8H20ClNO. The van der Waals surface area contributed by atoms with Gasteiger partial charge in [-0.15, -0.1) is 12.4 Å². The normalized spacial score (nSPS) is 12.3. The van der Waals surface area contributed by atoms with E-state index in [9.17, 15) is 0 Å². The highest BCUT2D eigenvalue weighted by Crippen LogP contribution is 2.04. The summed E-state index contributed by atoms with van der Waals surface area (Å²) in [4.78, 5) is 0. The molecule has 0 amide bonds. The Kier molecular flexibility index (Phi) is 12.8. The average molecular weight is 182 g/mol. The first kappa shape index (κ1) is 13.8. The maximum Gasteiger partial charge on any atom is 0.0512 e. The fraction of sp³-hybridized carbons (Fsp3) is 1.00. The van der Waals surface area contributed by atoms with Gasteiger partial charge in [-0.3, -0.25) is 0 Å². The zero-order chi connectivity index (χ0) is 7.82. The molecule has 11 heavy (non-hydrogen) atoms. The molecule has 0 aromatic rings. The summed E-state index contributed by atoms with van der Waals surface area (Å²) >= 11 is 0. The van der Waals surface area contributed by atoms with Crippen LogP contribution in [0.1, 0.15) is 39.0 Å². The van der Waals surface area contributed by atoms with E-state index in [2.05, 4.69) is 0 Å². The number of halogens is 1. The molecule has 0 aromatic carbocycles. The Morgan fingerprint density at radius 3 is 2.18 bits per heavy atom. The Hall–Kier alpha value is 0.210. The molecule has 0 aliphatic rings. The summed E-state index contributed by atoms with van der Waals surface area (Å²) < 4.78 is 0. The topological polar surface area (TPSA) is 46.2 Å². The maximum atomic E-state index is 8.88. The van der Waals surface area contributed by atoms with Crippen molar-refractivity contribution in [3.05, 3.63) is 0 Å². The second-order valence-electron chi connectivity index (χ2n) is 2.84. The first-order valence-electron chi connectivity index (χ1n) is 4.15. The Balaban J connectivity index is 0. The van der Waals surface area contributed by atoms with Crippen molar-refractivity contribution >= 4 is 12.4 Å². The first-order chi connectivity index (χ1) is 4.77. The van der Waals surface area contributed by atoms with Crippen molar-refractivity contribution in [3.63, 3.8) is 0 Å². The molecule has 1 atom stereocenters. The van der Waals surface area contributed by atoms with Gasteiger partial charge in [0.05, 0.1) is 6.10 Å². The predicted molar refractivity (Wildman–Crippen MR) is 51.1 cm³/mol. The number of aliphatic hydroxyl groups is 1. The van der Waals surface area contributed by atoms with Crippen LogP contribution in [0.4, 0.5) is 0 Å². The van der Waals surface area contributed by atoms with Gasteiger partial charge in [0.25, 0.3) is 0 Å². The van der Waals surface area contributed by atoms with E-state index < -0.39 is 0 Å². The van der Waals surface area contributed by atoms with Crippen molar-refractivity contribution in [1.82, 2.24) is 0 Å². The summed E-state index contributed by atoms with van der Waals surface area (Å²) in [6, 6.07) is 0. The van der Waals surface area contributed by atoms with Crippen LogP contribution in [-0.4, -0.2) is 17.8 Å². The molecular weight excluding hydrogens is 162 g/mol. The summed E-state index contributed by atoms with van der Waals surface area (Å²) in [5, 5.41) is 8.88. The van der Waals surface area contributed by atoms with Gasteiger partial charge in [-0.25, -0.2) is 0 Å². The second-order valence-corrected chi connectivity index (χ2v) is 2.84. The van der Waals surface area contributed by atoms with E-state index in [1.165, 1.54) is 12.8 Å². The van der Waals surface area contributed by atoms with Crippen LogP contribution < -0.4 is 5.73 Å². The van der Waals surface area contributed by atoms with Gasteiger partial charge >= 0.3 is 0 Å². The van der Waals surface area contributed by atoms with Gasteiger partial charge in [0.2, 0.25) is 0 Å². The lowest BCUT2D eigenvalue weighted by Gasteiger charge is -2.02. The number of rotatable bonds is 6. The molecule has 0 saturated heterocycles. The maximum absolute atomic E-state index is 8.88. The van der Waals surface area contributed by atoms with Crippen LogP contribution in [0.5, 0.6) is 0 Å². The quantitative estimate of drug-likeness (QED) is 0.613. The third kappa shape index (κ3) is 13.2. The van der Waals surface area contributed by atoms with E-state index in [0.717, 1.165) is 25.8 Å². The largest absolute Gasteiger partial charge is 0.393 e. The monoisotopic (exact) mass is 181 g/mol. The van der Waals surface area contributed by atoms with Gasteiger partial charge in [0, 0.05) is 0 Å². The standard InChI is InChI=1S/C8H19NO.ClH/c1-8(10)6-4-2-3-5-7-9;/h8,10H,2-7,9H2,1H3;1H. The van der Waals surface area contributed by atoms with Crippen molar-refractivity contribution in [2.24, 2.45) is 5.73 Å². The minimum Gasteiger partial charge on any atom is -0.393 e. The van der Waals surface area contributed by atoms with Crippen LogP contribution >= 0.6 is 12.4 Å². The molecule has 0 bridgehead atoms. The predicted octanol–water partition coefficient (Wildman–Crippen LogP) is 1.70. The zero-order valence-corrected chi connectivity index (χ0v) is 8.07. The fourth-order valence-corrected chi connectivity index (χ4v) is 0.938. The Morgan fingerprint density at radius 2 is 1.73 bits per heavy atom. The zero-order valence-electron chi connectivity index (χ0n) is 7.25. The molecule has 2 nitrogen and oxygen atoms in total. The highest BCUT2D eigenvalue weighted by molar-refractivity contribution is 5.85. The first-order valence-corrected chi connectivity index (χ1v) is 4.15. The molecule has 0 aliphatic heterocycles. The van der Waals surface area contributed by atoms with Crippen LogP contribution in [-0.2, 0) is 0 Å². The Morgan fingerprint density at radius 1 is 1.18 bits per heavy atom. The number of aliphatic hydroxyl groups excluding tert-OH is 1. The molecule has 0 heterocycles. The smallest absolute Gasteiger partial charge is 0.0512 e. The van der Waals surface area contributed by atoms with E-state index >= 15 is 0 Å². The number of unbranched alkanes of at least 4 members (excludes halogenated alkanes) is 3. The van der Waals surface area contributed by atoms with Crippen LogP contribution in [0.25, 0.3) is 0 Å². The van der Waals surface area contributed by atoms with Gasteiger partial charge in [-0.2, -0.15) is 0 Å². The Labute approximate surface area is 75.6 Å². The highest BCUT2D eigenvalue weighted by Gasteiger charge is 1.94. The summed E-state index contributed by atoms with van der Waals surface area (Å²) in [5.41, 5.74) is 5.32. The molecule has 0 aliphatic carbocycles. The minimum absolute atomic E-state index is 0. The lowest BCUT2D eigenvalue weighted by Crippen LogP contribution is -2.00. The summed E-state index contributed by atoms with van der Waals surface area (Å²) in [5.74, 6) is 0. The molecule has 1 unspecified atom stereocenters. The van der Waals surface area contributed by atoms with Crippen molar-refractivity contribution in [2.45, 2.75) is 45.1 Å². The van der Waals surface area contributed by atoms with E-state index in [0.29, 0.717) is 0 Å². The molecule has 3 heteroatoms. The third-order valence-electron chi connectivity index (χ3n) is 1.58. The van der Waals surface area contributed by atoms with Crippen LogP contribution in [0.15, 0.2) is 0 Å². The highest BCUT2D eigenvalue weighted by atomic mass is 35.5. The van der Waals surface area contributed by atoms with Crippen molar-refractivity contribution in [2.75, 3.05) is 6.54 Å². The van der Waals surface area contributed by atoms with Gasteiger partial charge < -0.3 is 10.8 Å². The van der Waals surface area contributed by atoms with Crippen molar-refractivity contribution in [3.8, 4) is 0 Å². The fourth-order valence-electron chi connectivity index (χ4n) is 0.938. The average Bonchev–Trinajstić information content (AvgIpc) is 1.87. The van der Waals surface area contributed by atoms with Crippen LogP contribution in [0.2, 0.25) is 0 Å². The van der Waals surface area contributed by atoms with Gasteiger partial charge in [-0.1, -0.05) is 19.3 Å². The third-order valence-corrected chi connectivity index (χ3v) is 1.58. The Bertz CT molecular complexity index is 69.1. The molecule has 0 fully saturated rings. The molecule has 70 valence electrons. The van der Waals surface area contributed by atoms with Crippen molar-refractivity contribution in [1.29, 1.82) is 0 Å². The lowest BCUT2D eigenvalue weighted by molar-refractivity contribution is 0.180. The van der Waals surface area contributed by atoms with Crippen LogP contribution in [0.3, 0.4) is 0 Å². The second kappa shape index (κ2) is 10.2. The molecule has 0 aromatic heterocycles. The van der Waals surface area contributed by atoms with Gasteiger partial charge in [0.15, 0.2) is 0 Å². The summed E-state index contributed by atoms with van der Waals surface area (Å²) in [6.45, 7) is 2.64. The number of hydrogen-bond acceptors (Lipinski definition) is 2. The van der Waals surface area contributed by atoms with E-state index in [-0.39, 0.29) is 18.5 Å². The summed E-state index contributed by atoms with van der Waals surface area (Å²) in [7, 11) is 0.